The van der Waals surface area contributed by atoms with E-state index in [0.29, 0.717) is 10.6 Å². The van der Waals surface area contributed by atoms with Crippen LogP contribution in [-0.2, 0) is 0 Å². The molecule has 0 radical (unpaired) electrons. The number of hydrogen-bond acceptors (Lipinski definition) is 4. The van der Waals surface area contributed by atoms with Gasteiger partial charge >= 0.3 is 0 Å². The summed E-state index contributed by atoms with van der Waals surface area (Å²) in [6.07, 6.45) is 0. The number of carbonyl (C=O) groups is 1. The number of methoxy groups -OCH3 is 1. The van der Waals surface area contributed by atoms with Crippen molar-refractivity contribution in [2.24, 2.45) is 0 Å². The highest BCUT2D eigenvalue weighted by molar-refractivity contribution is 7.12. The second kappa shape index (κ2) is 5.05. The average Bonchev–Trinajstić information content (AvgIpc) is 2.81. The van der Waals surface area contributed by atoms with E-state index in [0.717, 1.165) is 6.07 Å². The number of benzene rings is 1. The number of carbonyl (C=O) groups excluding carboxylic acids is 1. The van der Waals surface area contributed by atoms with Crippen molar-refractivity contribution >= 4 is 22.9 Å². The minimum Gasteiger partial charge on any atom is -0.508 e. The highest BCUT2D eigenvalue weighted by Crippen LogP contribution is 2.24. The fraction of sp³-hybridized carbons (Fsp3) is 0.0833. The topological polar surface area (TPSA) is 58.6 Å². The molecule has 2 N–H and O–H groups in total. The van der Waals surface area contributed by atoms with Gasteiger partial charge < -0.3 is 15.2 Å². The zero-order valence-corrected chi connectivity index (χ0v) is 10.3. The molecule has 2 aromatic rings. The van der Waals surface area contributed by atoms with E-state index in [1.54, 1.807) is 11.4 Å². The van der Waals surface area contributed by atoms with E-state index in [9.17, 15) is 9.18 Å². The van der Waals surface area contributed by atoms with Crippen molar-refractivity contribution in [3.05, 3.63) is 40.3 Å². The molecule has 1 aromatic carbocycles. The smallest absolute Gasteiger partial charge is 0.265 e. The Morgan fingerprint density at radius 1 is 1.44 bits per heavy atom. The summed E-state index contributed by atoms with van der Waals surface area (Å²) in [5.41, 5.74) is 0.0187. The Labute approximate surface area is 107 Å². The maximum atomic E-state index is 13.4. The number of halogens is 1. The van der Waals surface area contributed by atoms with Crippen molar-refractivity contribution in [3.8, 4) is 11.5 Å². The molecular formula is C12H10FNO3S. The van der Waals surface area contributed by atoms with Gasteiger partial charge in [-0.25, -0.2) is 4.39 Å². The van der Waals surface area contributed by atoms with E-state index in [4.69, 9.17) is 9.84 Å². The summed E-state index contributed by atoms with van der Waals surface area (Å²) in [5, 5.41) is 13.2. The van der Waals surface area contributed by atoms with Crippen molar-refractivity contribution in [2.45, 2.75) is 0 Å². The number of ether oxygens (including phenoxy) is 1. The Balaban J connectivity index is 2.16. The molecule has 0 bridgehead atoms. The van der Waals surface area contributed by atoms with Gasteiger partial charge in [-0.2, -0.15) is 0 Å². The van der Waals surface area contributed by atoms with Crippen LogP contribution in [0.25, 0.3) is 0 Å². The number of hydrogen-bond donors (Lipinski definition) is 2. The molecule has 0 atom stereocenters. The van der Waals surface area contributed by atoms with Crippen LogP contribution in [-0.4, -0.2) is 18.1 Å². The third-order valence-electron chi connectivity index (χ3n) is 2.24. The first kappa shape index (κ1) is 12.4. The largest absolute Gasteiger partial charge is 0.508 e. The maximum Gasteiger partial charge on any atom is 0.265 e. The molecule has 1 heterocycles. The third-order valence-corrected chi connectivity index (χ3v) is 3.14. The fourth-order valence-corrected chi connectivity index (χ4v) is 2.08. The number of phenols is 1. The first-order chi connectivity index (χ1) is 8.60. The number of rotatable bonds is 3. The van der Waals surface area contributed by atoms with Crippen LogP contribution in [0.1, 0.15) is 9.67 Å². The van der Waals surface area contributed by atoms with Gasteiger partial charge in [0.2, 0.25) is 0 Å². The van der Waals surface area contributed by atoms with Gasteiger partial charge in [0.05, 0.1) is 17.7 Å². The van der Waals surface area contributed by atoms with Gasteiger partial charge in [0.1, 0.15) is 17.3 Å². The van der Waals surface area contributed by atoms with Crippen LogP contribution in [0.5, 0.6) is 11.5 Å². The predicted octanol–water partition coefficient (Wildman–Crippen LogP) is 2.85. The Morgan fingerprint density at radius 3 is 2.83 bits per heavy atom. The molecule has 4 nitrogen and oxygen atoms in total. The Hall–Kier alpha value is -2.08. The van der Waals surface area contributed by atoms with Gasteiger partial charge in [-0.1, -0.05) is 0 Å². The van der Waals surface area contributed by atoms with Crippen molar-refractivity contribution < 1.29 is 19.0 Å². The molecule has 1 amide bonds. The van der Waals surface area contributed by atoms with Crippen LogP contribution in [0.3, 0.4) is 0 Å². The molecule has 18 heavy (non-hydrogen) atoms. The first-order valence-electron chi connectivity index (χ1n) is 5.02. The minimum absolute atomic E-state index is 0.0187. The molecule has 0 aliphatic heterocycles. The van der Waals surface area contributed by atoms with E-state index in [1.165, 1.54) is 30.6 Å². The molecule has 94 valence electrons. The van der Waals surface area contributed by atoms with E-state index >= 15 is 0 Å². The zero-order chi connectivity index (χ0) is 13.1. The highest BCUT2D eigenvalue weighted by Gasteiger charge is 2.12. The quantitative estimate of drug-likeness (QED) is 0.841. The van der Waals surface area contributed by atoms with Gasteiger partial charge in [0.25, 0.3) is 5.91 Å². The van der Waals surface area contributed by atoms with E-state index in [2.05, 4.69) is 5.32 Å². The average molecular weight is 267 g/mol. The van der Waals surface area contributed by atoms with E-state index in [1.807, 2.05) is 0 Å². The number of aromatic hydroxyl groups is 1. The number of nitrogens with one attached hydrogen (secondary N) is 1. The monoisotopic (exact) mass is 267 g/mol. The van der Waals surface area contributed by atoms with Crippen LogP contribution in [0.2, 0.25) is 0 Å². The van der Waals surface area contributed by atoms with Crippen molar-refractivity contribution in [1.29, 1.82) is 0 Å². The second-order valence-corrected chi connectivity index (χ2v) is 4.38. The molecule has 1 aromatic heterocycles. The molecule has 0 saturated carbocycles. The number of anilines is 1. The van der Waals surface area contributed by atoms with Crippen LogP contribution < -0.4 is 10.1 Å². The lowest BCUT2D eigenvalue weighted by Crippen LogP contribution is -2.11. The number of thiophene rings is 1. The molecule has 0 unspecified atom stereocenters. The predicted molar refractivity (Wildman–Crippen MR) is 66.9 cm³/mol. The summed E-state index contributed by atoms with van der Waals surface area (Å²) in [6.45, 7) is 0. The molecule has 0 aliphatic carbocycles. The minimum atomic E-state index is -0.688. The van der Waals surface area contributed by atoms with Gasteiger partial charge in [0.15, 0.2) is 0 Å². The van der Waals surface area contributed by atoms with Gasteiger partial charge in [-0.3, -0.25) is 4.79 Å². The van der Waals surface area contributed by atoms with Crippen LogP contribution in [0.15, 0.2) is 29.6 Å². The summed E-state index contributed by atoms with van der Waals surface area (Å²) < 4.78 is 18.4. The molecule has 0 aliphatic rings. The lowest BCUT2D eigenvalue weighted by Gasteiger charge is -2.05. The summed E-state index contributed by atoms with van der Waals surface area (Å²) >= 11 is 1.20. The van der Waals surface area contributed by atoms with Gasteiger partial charge in [0, 0.05) is 17.5 Å². The maximum absolute atomic E-state index is 13.4. The zero-order valence-electron chi connectivity index (χ0n) is 9.44. The van der Waals surface area contributed by atoms with E-state index in [-0.39, 0.29) is 11.4 Å². The molecule has 0 saturated heterocycles. The standard InChI is InChI=1S/C12H10FNO3S/c1-17-8-5-11(18-6-8)12(16)14-10-3-2-7(15)4-9(10)13/h2-6,15H,1H3,(H,14,16). The first-order valence-corrected chi connectivity index (χ1v) is 5.90. The normalized spacial score (nSPS) is 10.1. The van der Waals surface area contributed by atoms with Crippen molar-refractivity contribution in [3.63, 3.8) is 0 Å². The van der Waals surface area contributed by atoms with Crippen molar-refractivity contribution in [1.82, 2.24) is 0 Å². The fourth-order valence-electron chi connectivity index (χ4n) is 1.33. The summed E-state index contributed by atoms with van der Waals surface area (Å²) in [6, 6.07) is 5.10. The number of phenolic OH excluding ortho intramolecular Hbond substituents is 1. The second-order valence-electron chi connectivity index (χ2n) is 3.47. The summed E-state index contributed by atoms with van der Waals surface area (Å²) in [4.78, 5) is 12.2. The lowest BCUT2D eigenvalue weighted by molar-refractivity contribution is 0.103. The lowest BCUT2D eigenvalue weighted by atomic mass is 10.3. The highest BCUT2D eigenvalue weighted by atomic mass is 32.1. The van der Waals surface area contributed by atoms with Crippen molar-refractivity contribution in [2.75, 3.05) is 12.4 Å². The van der Waals surface area contributed by atoms with E-state index < -0.39 is 11.7 Å². The Kier molecular flexibility index (Phi) is 3.47. The van der Waals surface area contributed by atoms with Crippen LogP contribution in [0, 0.1) is 5.82 Å². The molecule has 0 fully saturated rings. The summed E-state index contributed by atoms with van der Waals surface area (Å²) in [7, 11) is 1.50. The molecule has 6 heteroatoms. The Morgan fingerprint density at radius 2 is 2.22 bits per heavy atom. The van der Waals surface area contributed by atoms with Gasteiger partial charge in [-0.05, 0) is 12.1 Å². The summed E-state index contributed by atoms with van der Waals surface area (Å²) in [5.74, 6) is -0.723. The molecule has 2 rings (SSSR count). The number of amides is 1. The van der Waals surface area contributed by atoms with Crippen LogP contribution in [0.4, 0.5) is 10.1 Å². The molecular weight excluding hydrogens is 257 g/mol. The third kappa shape index (κ3) is 2.60. The Bertz CT molecular complexity index is 582. The van der Waals surface area contributed by atoms with Crippen LogP contribution >= 0.6 is 11.3 Å². The SMILES string of the molecule is COc1csc(C(=O)Nc2ccc(O)cc2F)c1. The molecule has 0 spiro atoms. The van der Waals surface area contributed by atoms with Gasteiger partial charge in [-0.15, -0.1) is 11.3 Å².